The predicted molar refractivity (Wildman–Crippen MR) is 124 cm³/mol. The summed E-state index contributed by atoms with van der Waals surface area (Å²) in [5.74, 6) is 1.06. The van der Waals surface area contributed by atoms with E-state index in [0.29, 0.717) is 5.95 Å². The third kappa shape index (κ3) is 4.61. The monoisotopic (exact) mass is 434 g/mol. The van der Waals surface area contributed by atoms with E-state index in [2.05, 4.69) is 15.6 Å². The first-order valence-corrected chi connectivity index (χ1v) is 10.7. The molecule has 0 radical (unpaired) electrons. The number of aromatic nitrogens is 2. The summed E-state index contributed by atoms with van der Waals surface area (Å²) in [6, 6.07) is 14.1. The van der Waals surface area contributed by atoms with Crippen LogP contribution in [0.2, 0.25) is 0 Å². The Hall–Kier alpha value is -3.75. The van der Waals surface area contributed by atoms with Gasteiger partial charge in [0.25, 0.3) is 11.6 Å². The predicted octanol–water partition coefficient (Wildman–Crippen LogP) is 3.76. The molecule has 1 heterocycles. The highest BCUT2D eigenvalue weighted by molar-refractivity contribution is 5.98. The number of hydrogen-bond acceptors (Lipinski definition) is 7. The minimum atomic E-state index is -0.527. The first-order chi connectivity index (χ1) is 15.4. The summed E-state index contributed by atoms with van der Waals surface area (Å²) in [6.07, 6.45) is 3.24. The van der Waals surface area contributed by atoms with Gasteiger partial charge in [0, 0.05) is 37.6 Å². The number of nitro benzene ring substituents is 1. The van der Waals surface area contributed by atoms with Crippen LogP contribution in [0.4, 0.5) is 17.5 Å². The number of amides is 1. The summed E-state index contributed by atoms with van der Waals surface area (Å²) in [7, 11) is 3.92. The van der Waals surface area contributed by atoms with Crippen molar-refractivity contribution in [3.8, 4) is 0 Å². The fourth-order valence-electron chi connectivity index (χ4n) is 4.12. The van der Waals surface area contributed by atoms with Crippen molar-refractivity contribution < 1.29 is 9.72 Å². The van der Waals surface area contributed by atoms with Gasteiger partial charge in [-0.25, -0.2) is 4.98 Å². The van der Waals surface area contributed by atoms with Gasteiger partial charge in [-0.05, 0) is 43.9 Å². The Labute approximate surface area is 186 Å². The van der Waals surface area contributed by atoms with Crippen LogP contribution in [0.3, 0.4) is 0 Å². The van der Waals surface area contributed by atoms with Crippen molar-refractivity contribution in [3.63, 3.8) is 0 Å². The van der Waals surface area contributed by atoms with Gasteiger partial charge in [-0.3, -0.25) is 14.9 Å². The lowest BCUT2D eigenvalue weighted by Crippen LogP contribution is -2.40. The van der Waals surface area contributed by atoms with Crippen molar-refractivity contribution in [1.82, 2.24) is 15.3 Å². The van der Waals surface area contributed by atoms with Crippen LogP contribution in [0.5, 0.6) is 0 Å². The Bertz CT molecular complexity index is 1140. The van der Waals surface area contributed by atoms with Crippen molar-refractivity contribution in [2.75, 3.05) is 24.3 Å². The zero-order valence-electron chi connectivity index (χ0n) is 18.1. The highest BCUT2D eigenvalue weighted by atomic mass is 16.6. The number of fused-ring (bicyclic) bond motifs is 1. The molecule has 2 aromatic carbocycles. The Morgan fingerprint density at radius 2 is 1.66 bits per heavy atom. The van der Waals surface area contributed by atoms with E-state index in [9.17, 15) is 14.9 Å². The zero-order valence-corrected chi connectivity index (χ0v) is 18.1. The van der Waals surface area contributed by atoms with Crippen LogP contribution in [0.15, 0.2) is 48.5 Å². The standard InChI is InChI=1S/C23H26N6O3/c1-28(2)21-17-7-3-5-9-19(17)26-23(27-21)25-16-13-11-15(12-14-16)24-22(30)18-8-4-6-10-20(18)29(31)32/h3-10,15-16H,11-14H2,1-2H3,(H,24,30)(H,25,26,27)/t15-,16+. The van der Waals surface area contributed by atoms with Gasteiger partial charge in [0.2, 0.25) is 5.95 Å². The van der Waals surface area contributed by atoms with E-state index in [4.69, 9.17) is 4.98 Å². The van der Waals surface area contributed by atoms with Gasteiger partial charge in [0.1, 0.15) is 11.4 Å². The van der Waals surface area contributed by atoms with Crippen molar-refractivity contribution in [2.45, 2.75) is 37.8 Å². The number of nitro groups is 1. The normalized spacial score (nSPS) is 18.2. The first kappa shape index (κ1) is 21.5. The van der Waals surface area contributed by atoms with Gasteiger partial charge in [0.05, 0.1) is 10.4 Å². The topological polar surface area (TPSA) is 113 Å². The van der Waals surface area contributed by atoms with E-state index in [1.165, 1.54) is 12.1 Å². The quantitative estimate of drug-likeness (QED) is 0.449. The maximum atomic E-state index is 12.6. The molecule has 1 amide bonds. The van der Waals surface area contributed by atoms with E-state index in [0.717, 1.165) is 42.4 Å². The molecule has 1 fully saturated rings. The second kappa shape index (κ2) is 9.17. The molecule has 0 saturated heterocycles. The van der Waals surface area contributed by atoms with Crippen LogP contribution >= 0.6 is 0 Å². The molecule has 1 aliphatic carbocycles. The van der Waals surface area contributed by atoms with Gasteiger partial charge >= 0.3 is 0 Å². The molecule has 0 bridgehead atoms. The molecule has 166 valence electrons. The molecular weight excluding hydrogens is 408 g/mol. The van der Waals surface area contributed by atoms with Crippen molar-refractivity contribution >= 4 is 34.3 Å². The maximum absolute atomic E-state index is 12.6. The Morgan fingerprint density at radius 1 is 1.00 bits per heavy atom. The van der Waals surface area contributed by atoms with Gasteiger partial charge < -0.3 is 15.5 Å². The van der Waals surface area contributed by atoms with Crippen molar-refractivity contribution in [3.05, 3.63) is 64.2 Å². The van der Waals surface area contributed by atoms with Gasteiger partial charge in [0.15, 0.2) is 0 Å². The summed E-state index contributed by atoms with van der Waals surface area (Å²) in [5.41, 5.74) is 0.808. The molecule has 0 atom stereocenters. The lowest BCUT2D eigenvalue weighted by molar-refractivity contribution is -0.385. The fraction of sp³-hybridized carbons (Fsp3) is 0.348. The summed E-state index contributed by atoms with van der Waals surface area (Å²) < 4.78 is 0. The molecule has 9 nitrogen and oxygen atoms in total. The molecule has 2 N–H and O–H groups in total. The number of para-hydroxylation sites is 2. The molecule has 4 rings (SSSR count). The molecule has 1 saturated carbocycles. The van der Waals surface area contributed by atoms with Crippen LogP contribution in [0.25, 0.3) is 10.9 Å². The lowest BCUT2D eigenvalue weighted by Gasteiger charge is -2.30. The number of rotatable bonds is 6. The average Bonchev–Trinajstić information content (AvgIpc) is 2.79. The number of nitrogens with one attached hydrogen (secondary N) is 2. The molecule has 1 aliphatic rings. The third-order valence-corrected chi connectivity index (χ3v) is 5.75. The lowest BCUT2D eigenvalue weighted by atomic mass is 9.91. The van der Waals surface area contributed by atoms with Crippen LogP contribution in [-0.4, -0.2) is 47.0 Å². The highest BCUT2D eigenvalue weighted by Crippen LogP contribution is 2.27. The highest BCUT2D eigenvalue weighted by Gasteiger charge is 2.26. The van der Waals surface area contributed by atoms with Crippen LogP contribution in [0.1, 0.15) is 36.0 Å². The molecule has 0 spiro atoms. The minimum absolute atomic E-state index is 0.0183. The Balaban J connectivity index is 1.39. The SMILES string of the molecule is CN(C)c1nc(N[C@H]2CC[C@@H](NC(=O)c3ccccc3[N+](=O)[O-])CC2)nc2ccccc12. The smallest absolute Gasteiger partial charge is 0.282 e. The number of benzene rings is 2. The second-order valence-electron chi connectivity index (χ2n) is 8.22. The number of anilines is 2. The molecule has 0 aliphatic heterocycles. The Morgan fingerprint density at radius 3 is 2.38 bits per heavy atom. The molecule has 9 heteroatoms. The van der Waals surface area contributed by atoms with Gasteiger partial charge in [-0.15, -0.1) is 0 Å². The largest absolute Gasteiger partial charge is 0.362 e. The van der Waals surface area contributed by atoms with Gasteiger partial charge in [-0.1, -0.05) is 24.3 Å². The van der Waals surface area contributed by atoms with E-state index >= 15 is 0 Å². The van der Waals surface area contributed by atoms with Crippen molar-refractivity contribution in [1.29, 1.82) is 0 Å². The number of hydrogen-bond donors (Lipinski definition) is 2. The molecular formula is C23H26N6O3. The second-order valence-corrected chi connectivity index (χ2v) is 8.22. The van der Waals surface area contributed by atoms with Crippen LogP contribution in [0, 0.1) is 10.1 Å². The molecule has 32 heavy (non-hydrogen) atoms. The zero-order chi connectivity index (χ0) is 22.7. The Kier molecular flexibility index (Phi) is 6.16. The van der Waals surface area contributed by atoms with Crippen molar-refractivity contribution in [2.24, 2.45) is 0 Å². The number of carbonyl (C=O) groups is 1. The van der Waals surface area contributed by atoms with Crippen LogP contribution < -0.4 is 15.5 Å². The average molecular weight is 435 g/mol. The third-order valence-electron chi connectivity index (χ3n) is 5.75. The van der Waals surface area contributed by atoms with E-state index in [1.54, 1.807) is 12.1 Å². The van der Waals surface area contributed by atoms with Crippen LogP contribution in [-0.2, 0) is 0 Å². The summed E-state index contributed by atoms with van der Waals surface area (Å²) >= 11 is 0. The van der Waals surface area contributed by atoms with Gasteiger partial charge in [-0.2, -0.15) is 4.98 Å². The maximum Gasteiger partial charge on any atom is 0.282 e. The number of carbonyl (C=O) groups excluding carboxylic acids is 1. The van der Waals surface area contributed by atoms with E-state index < -0.39 is 10.8 Å². The van der Waals surface area contributed by atoms with E-state index in [1.807, 2.05) is 43.3 Å². The summed E-state index contributed by atoms with van der Waals surface area (Å²) in [5, 5.41) is 18.6. The first-order valence-electron chi connectivity index (χ1n) is 10.7. The summed E-state index contributed by atoms with van der Waals surface area (Å²) in [4.78, 5) is 34.6. The van der Waals surface area contributed by atoms with E-state index in [-0.39, 0.29) is 23.3 Å². The fourth-order valence-corrected chi connectivity index (χ4v) is 4.12. The molecule has 3 aromatic rings. The molecule has 1 aromatic heterocycles. The summed E-state index contributed by atoms with van der Waals surface area (Å²) in [6.45, 7) is 0. The molecule has 0 unspecified atom stereocenters. The minimum Gasteiger partial charge on any atom is -0.362 e. The number of nitrogens with zero attached hydrogens (tertiary/aromatic N) is 4.